The van der Waals surface area contributed by atoms with Gasteiger partial charge in [-0.2, -0.15) is 0 Å². The average Bonchev–Trinajstić information content (AvgIpc) is 2.45. The molecule has 3 N–H and O–H groups in total. The van der Waals surface area contributed by atoms with E-state index in [1.165, 1.54) is 13.1 Å². The maximum absolute atomic E-state index is 12.1. The number of oxime groups is 1. The van der Waals surface area contributed by atoms with Gasteiger partial charge in [0.15, 0.2) is 5.84 Å². The normalized spacial score (nSPS) is 12.4. The maximum Gasteiger partial charge on any atom is 0.237 e. The van der Waals surface area contributed by atoms with Crippen molar-refractivity contribution >= 4 is 21.5 Å². The van der Waals surface area contributed by atoms with Crippen LogP contribution in [-0.4, -0.2) is 45.5 Å². The lowest BCUT2D eigenvalue weighted by atomic mass is 10.2. The van der Waals surface area contributed by atoms with E-state index in [1.807, 2.05) is 0 Å². The van der Waals surface area contributed by atoms with Crippen molar-refractivity contribution in [1.82, 2.24) is 0 Å². The van der Waals surface area contributed by atoms with Gasteiger partial charge in [0, 0.05) is 19.2 Å². The molecule has 0 atom stereocenters. The topological polar surface area (TPSA) is 105 Å². The van der Waals surface area contributed by atoms with Crippen LogP contribution in [0.4, 0.5) is 5.69 Å². The number of benzene rings is 1. The second-order valence-corrected chi connectivity index (χ2v) is 6.14. The molecule has 0 saturated heterocycles. The highest BCUT2D eigenvalue weighted by atomic mass is 32.2. The van der Waals surface area contributed by atoms with Crippen molar-refractivity contribution in [3.8, 4) is 0 Å². The van der Waals surface area contributed by atoms with Crippen LogP contribution in [0.1, 0.15) is 12.5 Å². The monoisotopic (exact) mass is 301 g/mol. The summed E-state index contributed by atoms with van der Waals surface area (Å²) in [6, 6.07) is 6.43. The second kappa shape index (κ2) is 7.11. The molecule has 0 aliphatic carbocycles. The van der Waals surface area contributed by atoms with Crippen LogP contribution < -0.4 is 10.0 Å². The van der Waals surface area contributed by atoms with E-state index in [0.717, 1.165) is 4.31 Å². The lowest BCUT2D eigenvalue weighted by Gasteiger charge is -2.20. The van der Waals surface area contributed by atoms with Gasteiger partial charge in [-0.25, -0.2) is 8.42 Å². The summed E-state index contributed by atoms with van der Waals surface area (Å²) in [7, 11) is -2.02. The number of nitrogens with zero attached hydrogens (tertiary/aromatic N) is 2. The fourth-order valence-corrected chi connectivity index (χ4v) is 2.56. The molecule has 0 aliphatic heterocycles. The Bertz CT molecular complexity index is 572. The zero-order valence-corrected chi connectivity index (χ0v) is 12.3. The van der Waals surface area contributed by atoms with E-state index in [-0.39, 0.29) is 18.2 Å². The molecule has 0 saturated carbocycles. The third kappa shape index (κ3) is 4.10. The Morgan fingerprint density at radius 1 is 1.50 bits per heavy atom. The van der Waals surface area contributed by atoms with Gasteiger partial charge in [-0.3, -0.25) is 4.31 Å². The number of hydrogen-bond donors (Lipinski definition) is 2. The molecule has 112 valence electrons. The summed E-state index contributed by atoms with van der Waals surface area (Å²) < 4.78 is 30.4. The summed E-state index contributed by atoms with van der Waals surface area (Å²) in [5.74, 6) is -0.183. The molecular weight excluding hydrogens is 282 g/mol. The summed E-state index contributed by atoms with van der Waals surface area (Å²) in [4.78, 5) is 0. The van der Waals surface area contributed by atoms with E-state index in [4.69, 9.17) is 15.7 Å². The van der Waals surface area contributed by atoms with E-state index < -0.39 is 10.0 Å². The van der Waals surface area contributed by atoms with Crippen LogP contribution in [0.5, 0.6) is 0 Å². The fourth-order valence-electron chi connectivity index (χ4n) is 1.52. The van der Waals surface area contributed by atoms with Gasteiger partial charge in [0.2, 0.25) is 10.0 Å². The highest BCUT2D eigenvalue weighted by Crippen LogP contribution is 2.18. The predicted molar refractivity (Wildman–Crippen MR) is 77.6 cm³/mol. The Balaban J connectivity index is 2.94. The first kappa shape index (κ1) is 16.3. The van der Waals surface area contributed by atoms with Gasteiger partial charge in [0.25, 0.3) is 0 Å². The average molecular weight is 301 g/mol. The van der Waals surface area contributed by atoms with E-state index in [2.05, 4.69) is 5.16 Å². The standard InChI is InChI=1S/C12H19N3O4S/c1-3-19-7-8-20(17,18)15(2)11-6-4-5-10(9-11)12(13)14-16/h4-6,9,16H,3,7-8H2,1-2H3,(H2,13,14). The molecule has 7 nitrogen and oxygen atoms in total. The number of hydrogen-bond acceptors (Lipinski definition) is 5. The van der Waals surface area contributed by atoms with Gasteiger partial charge in [0.05, 0.1) is 18.0 Å². The third-order valence-corrected chi connectivity index (χ3v) is 4.45. The van der Waals surface area contributed by atoms with Crippen molar-refractivity contribution < 1.29 is 18.4 Å². The minimum atomic E-state index is -3.47. The van der Waals surface area contributed by atoms with Crippen molar-refractivity contribution in [2.75, 3.05) is 30.3 Å². The number of amidine groups is 1. The predicted octanol–water partition coefficient (Wildman–Crippen LogP) is 0.584. The molecule has 0 unspecified atom stereocenters. The Morgan fingerprint density at radius 3 is 2.80 bits per heavy atom. The third-order valence-electron chi connectivity index (χ3n) is 2.72. The molecule has 0 aromatic heterocycles. The quantitative estimate of drug-likeness (QED) is 0.252. The smallest absolute Gasteiger partial charge is 0.237 e. The summed E-state index contributed by atoms with van der Waals surface area (Å²) in [5, 5.41) is 11.5. The van der Waals surface area contributed by atoms with Gasteiger partial charge in [-0.15, -0.1) is 0 Å². The van der Waals surface area contributed by atoms with Crippen molar-refractivity contribution in [2.45, 2.75) is 6.92 Å². The van der Waals surface area contributed by atoms with Crippen LogP contribution in [0.3, 0.4) is 0 Å². The van der Waals surface area contributed by atoms with Crippen molar-refractivity contribution in [1.29, 1.82) is 0 Å². The maximum atomic E-state index is 12.1. The van der Waals surface area contributed by atoms with Gasteiger partial charge >= 0.3 is 0 Å². The molecule has 0 aliphatic rings. The first-order valence-electron chi connectivity index (χ1n) is 6.04. The number of rotatable bonds is 7. The first-order valence-corrected chi connectivity index (χ1v) is 7.65. The summed E-state index contributed by atoms with van der Waals surface area (Å²) >= 11 is 0. The Hall–Kier alpha value is -1.80. The molecule has 1 aromatic carbocycles. The first-order chi connectivity index (χ1) is 9.42. The molecule has 1 rings (SSSR count). The number of nitrogens with two attached hydrogens (primary N) is 1. The Labute approximate surface area is 118 Å². The summed E-state index contributed by atoms with van der Waals surface area (Å²) in [5.41, 5.74) is 6.36. The van der Waals surface area contributed by atoms with E-state index in [1.54, 1.807) is 25.1 Å². The molecule has 0 bridgehead atoms. The highest BCUT2D eigenvalue weighted by Gasteiger charge is 2.18. The van der Waals surface area contributed by atoms with Crippen LogP contribution in [0, 0.1) is 0 Å². The molecule has 0 radical (unpaired) electrons. The SMILES string of the molecule is CCOCCS(=O)(=O)N(C)c1cccc(C(N)=NO)c1. The fraction of sp³-hybridized carbons (Fsp3) is 0.417. The van der Waals surface area contributed by atoms with Crippen LogP contribution in [0.25, 0.3) is 0 Å². The van der Waals surface area contributed by atoms with Crippen molar-refractivity contribution in [3.05, 3.63) is 29.8 Å². The van der Waals surface area contributed by atoms with E-state index >= 15 is 0 Å². The van der Waals surface area contributed by atoms with Crippen LogP contribution in [-0.2, 0) is 14.8 Å². The van der Waals surface area contributed by atoms with Gasteiger partial charge < -0.3 is 15.7 Å². The Kier molecular flexibility index (Phi) is 5.78. The molecule has 1 aromatic rings. The van der Waals surface area contributed by atoms with Crippen molar-refractivity contribution in [3.63, 3.8) is 0 Å². The minimum Gasteiger partial charge on any atom is -0.409 e. The molecule has 20 heavy (non-hydrogen) atoms. The molecule has 0 spiro atoms. The number of anilines is 1. The van der Waals surface area contributed by atoms with Crippen molar-refractivity contribution in [2.24, 2.45) is 10.9 Å². The van der Waals surface area contributed by atoms with Crippen LogP contribution in [0.15, 0.2) is 29.4 Å². The van der Waals surface area contributed by atoms with E-state index in [9.17, 15) is 8.42 Å². The van der Waals surface area contributed by atoms with Gasteiger partial charge in [0.1, 0.15) is 0 Å². The molecule has 0 heterocycles. The molecule has 0 fully saturated rings. The summed E-state index contributed by atoms with van der Waals surface area (Å²) in [6.07, 6.45) is 0. The van der Waals surface area contributed by atoms with Gasteiger partial charge in [-0.05, 0) is 19.1 Å². The van der Waals surface area contributed by atoms with Crippen LogP contribution in [0.2, 0.25) is 0 Å². The lowest BCUT2D eigenvalue weighted by molar-refractivity contribution is 0.163. The largest absolute Gasteiger partial charge is 0.409 e. The zero-order valence-electron chi connectivity index (χ0n) is 11.5. The highest BCUT2D eigenvalue weighted by molar-refractivity contribution is 7.92. The lowest BCUT2D eigenvalue weighted by Crippen LogP contribution is -2.31. The molecule has 8 heteroatoms. The van der Waals surface area contributed by atoms with Crippen LogP contribution >= 0.6 is 0 Å². The Morgan fingerprint density at radius 2 is 2.20 bits per heavy atom. The zero-order chi connectivity index (χ0) is 15.2. The summed E-state index contributed by atoms with van der Waals surface area (Å²) in [6.45, 7) is 2.41. The van der Waals surface area contributed by atoms with Gasteiger partial charge in [-0.1, -0.05) is 17.3 Å². The second-order valence-electron chi connectivity index (χ2n) is 4.02. The molecule has 0 amide bonds. The minimum absolute atomic E-state index is 0.0769. The molecular formula is C12H19N3O4S. The number of ether oxygens (including phenoxy) is 1. The number of sulfonamides is 1. The van der Waals surface area contributed by atoms with E-state index in [0.29, 0.717) is 17.9 Å².